The number of hydrogen-bond acceptors (Lipinski definition) is 6. The fourth-order valence-corrected chi connectivity index (χ4v) is 9.24. The Morgan fingerprint density at radius 3 is 0.800 bits per heavy atom. The first-order valence-corrected chi connectivity index (χ1v) is 32.4. The van der Waals surface area contributed by atoms with Gasteiger partial charge in [0, 0.05) is 19.3 Å². The summed E-state index contributed by atoms with van der Waals surface area (Å²) in [6, 6.07) is 0. The van der Waals surface area contributed by atoms with Crippen molar-refractivity contribution in [1.82, 2.24) is 0 Å². The second-order valence-electron chi connectivity index (χ2n) is 21.7. The van der Waals surface area contributed by atoms with Crippen LogP contribution in [0.4, 0.5) is 0 Å². The molecule has 6 heteroatoms. The summed E-state index contributed by atoms with van der Waals surface area (Å²) >= 11 is 0. The van der Waals surface area contributed by atoms with Crippen LogP contribution in [0, 0.1) is 0 Å². The first-order valence-electron chi connectivity index (χ1n) is 32.4. The van der Waals surface area contributed by atoms with Gasteiger partial charge in [-0.15, -0.1) is 0 Å². The molecule has 0 fully saturated rings. The molecule has 0 aliphatic carbocycles. The Morgan fingerprint density at radius 2 is 0.480 bits per heavy atom. The molecule has 434 valence electrons. The molecule has 0 amide bonds. The van der Waals surface area contributed by atoms with Gasteiger partial charge in [0.2, 0.25) is 0 Å². The van der Waals surface area contributed by atoms with E-state index in [0.717, 1.165) is 83.5 Å². The van der Waals surface area contributed by atoms with Gasteiger partial charge in [-0.2, -0.15) is 0 Å². The van der Waals surface area contributed by atoms with Crippen LogP contribution in [0.25, 0.3) is 0 Å². The average molecular weight is 1050 g/mol. The lowest BCUT2D eigenvalue weighted by Gasteiger charge is -2.18. The van der Waals surface area contributed by atoms with Crippen LogP contribution in [0.2, 0.25) is 0 Å². The van der Waals surface area contributed by atoms with Crippen molar-refractivity contribution < 1.29 is 28.6 Å². The lowest BCUT2D eigenvalue weighted by molar-refractivity contribution is -0.167. The van der Waals surface area contributed by atoms with E-state index in [1.54, 1.807) is 0 Å². The van der Waals surface area contributed by atoms with Crippen LogP contribution in [-0.4, -0.2) is 37.2 Å². The predicted molar refractivity (Wildman–Crippen MR) is 325 cm³/mol. The number of rotatable bonds is 59. The Labute approximate surface area is 465 Å². The van der Waals surface area contributed by atoms with E-state index in [4.69, 9.17) is 14.2 Å². The molecule has 0 aliphatic heterocycles. The van der Waals surface area contributed by atoms with E-state index in [-0.39, 0.29) is 31.1 Å². The molecular formula is C69H122O6. The zero-order valence-corrected chi connectivity index (χ0v) is 49.8. The minimum Gasteiger partial charge on any atom is -0.462 e. The summed E-state index contributed by atoms with van der Waals surface area (Å²) in [5.41, 5.74) is 0. The first kappa shape index (κ1) is 71.8. The van der Waals surface area contributed by atoms with Gasteiger partial charge in [0.25, 0.3) is 0 Å². The topological polar surface area (TPSA) is 78.9 Å². The zero-order chi connectivity index (χ0) is 54.3. The van der Waals surface area contributed by atoms with E-state index in [0.29, 0.717) is 19.3 Å². The fourth-order valence-electron chi connectivity index (χ4n) is 9.24. The minimum atomic E-state index is -0.792. The van der Waals surface area contributed by atoms with E-state index < -0.39 is 6.10 Å². The van der Waals surface area contributed by atoms with Crippen molar-refractivity contribution in [3.05, 3.63) is 72.9 Å². The van der Waals surface area contributed by atoms with Crippen molar-refractivity contribution in [2.24, 2.45) is 0 Å². The van der Waals surface area contributed by atoms with Crippen molar-refractivity contribution in [1.29, 1.82) is 0 Å². The van der Waals surface area contributed by atoms with Crippen molar-refractivity contribution in [3.63, 3.8) is 0 Å². The lowest BCUT2D eigenvalue weighted by Crippen LogP contribution is -2.30. The van der Waals surface area contributed by atoms with Crippen molar-refractivity contribution >= 4 is 17.9 Å². The van der Waals surface area contributed by atoms with Gasteiger partial charge >= 0.3 is 17.9 Å². The Hall–Kier alpha value is -3.15. The summed E-state index contributed by atoms with van der Waals surface area (Å²) in [6.45, 7) is 6.61. The van der Waals surface area contributed by atoms with E-state index >= 15 is 0 Å². The Morgan fingerprint density at radius 1 is 0.267 bits per heavy atom. The highest BCUT2D eigenvalue weighted by atomic mass is 16.6. The van der Waals surface area contributed by atoms with Crippen LogP contribution in [0.15, 0.2) is 72.9 Å². The number of unbranched alkanes of at least 4 members (excludes halogenated alkanes) is 36. The number of esters is 3. The highest BCUT2D eigenvalue weighted by Crippen LogP contribution is 2.16. The van der Waals surface area contributed by atoms with Crippen molar-refractivity contribution in [3.8, 4) is 0 Å². The van der Waals surface area contributed by atoms with Gasteiger partial charge < -0.3 is 14.2 Å². The molecule has 0 aliphatic rings. The molecule has 0 saturated heterocycles. The number of carbonyl (C=O) groups is 3. The quantitative estimate of drug-likeness (QED) is 0.0261. The number of carbonyl (C=O) groups excluding carboxylic acids is 3. The largest absolute Gasteiger partial charge is 0.462 e. The maximum Gasteiger partial charge on any atom is 0.306 e. The van der Waals surface area contributed by atoms with Crippen LogP contribution < -0.4 is 0 Å². The fraction of sp³-hybridized carbons (Fsp3) is 0.783. The van der Waals surface area contributed by atoms with Gasteiger partial charge in [0.05, 0.1) is 0 Å². The van der Waals surface area contributed by atoms with Gasteiger partial charge in [-0.25, -0.2) is 0 Å². The standard InChI is InChI=1S/C69H122O6/c1-4-7-10-13-16-19-22-25-28-31-33-34-36-39-41-44-47-50-53-56-59-62-68(71)74-65-66(75-69(72)63-60-57-54-51-48-45-42-37-30-27-24-21-18-15-12-9-6-3)64-73-67(70)61-58-55-52-49-46-43-40-38-35-32-29-26-23-20-17-14-11-8-5-2/h17,20,25-30,35,38,43,46,66H,4-16,18-19,21-24,31-34,36-37,39-42,44-45,47-65H2,1-3H3/b20-17-,28-25-,29-26-,30-27-,38-35-,46-43-/t66-/m1/s1. The van der Waals surface area contributed by atoms with Crippen molar-refractivity contribution in [2.75, 3.05) is 13.2 Å². The second kappa shape index (κ2) is 63.4. The zero-order valence-electron chi connectivity index (χ0n) is 49.8. The van der Waals surface area contributed by atoms with E-state index in [2.05, 4.69) is 93.7 Å². The van der Waals surface area contributed by atoms with E-state index in [1.807, 2.05) is 0 Å². The summed E-state index contributed by atoms with van der Waals surface area (Å²) in [7, 11) is 0. The van der Waals surface area contributed by atoms with Crippen LogP contribution in [0.1, 0.15) is 329 Å². The van der Waals surface area contributed by atoms with Crippen LogP contribution in [0.5, 0.6) is 0 Å². The van der Waals surface area contributed by atoms with Gasteiger partial charge in [0.1, 0.15) is 13.2 Å². The second-order valence-corrected chi connectivity index (χ2v) is 21.7. The average Bonchev–Trinajstić information content (AvgIpc) is 3.41. The molecule has 1 atom stereocenters. The molecule has 0 rings (SSSR count). The van der Waals surface area contributed by atoms with Crippen molar-refractivity contribution in [2.45, 2.75) is 335 Å². The molecular weight excluding hydrogens is 925 g/mol. The predicted octanol–water partition coefficient (Wildman–Crippen LogP) is 22.1. The third-order valence-electron chi connectivity index (χ3n) is 14.2. The molecule has 0 aromatic carbocycles. The molecule has 0 aromatic heterocycles. The third kappa shape index (κ3) is 61.6. The summed E-state index contributed by atoms with van der Waals surface area (Å²) in [5, 5.41) is 0. The molecule has 0 saturated carbocycles. The molecule has 6 nitrogen and oxygen atoms in total. The highest BCUT2D eigenvalue weighted by molar-refractivity contribution is 5.71. The lowest BCUT2D eigenvalue weighted by atomic mass is 10.0. The van der Waals surface area contributed by atoms with Crippen LogP contribution in [0.3, 0.4) is 0 Å². The maximum atomic E-state index is 12.9. The number of allylic oxidation sites excluding steroid dienone is 12. The van der Waals surface area contributed by atoms with Crippen LogP contribution in [-0.2, 0) is 28.6 Å². The summed E-state index contributed by atoms with van der Waals surface area (Å²) in [5.74, 6) is -0.908. The van der Waals surface area contributed by atoms with E-state index in [1.165, 1.54) is 205 Å². The van der Waals surface area contributed by atoms with Gasteiger partial charge in [0.15, 0.2) is 6.10 Å². The maximum absolute atomic E-state index is 12.9. The molecule has 0 bridgehead atoms. The molecule has 0 spiro atoms. The molecule has 0 N–H and O–H groups in total. The summed E-state index contributed by atoms with van der Waals surface area (Å²) < 4.78 is 16.9. The Kier molecular flexibility index (Phi) is 60.7. The van der Waals surface area contributed by atoms with Gasteiger partial charge in [-0.1, -0.05) is 267 Å². The molecule has 0 radical (unpaired) electrons. The van der Waals surface area contributed by atoms with E-state index in [9.17, 15) is 14.4 Å². The van der Waals surface area contributed by atoms with Crippen LogP contribution >= 0.6 is 0 Å². The molecule has 0 heterocycles. The molecule has 0 unspecified atom stereocenters. The Bertz CT molecular complexity index is 1390. The number of hydrogen-bond donors (Lipinski definition) is 0. The SMILES string of the molecule is CCCCC/C=C\C/C=C\C/C=C\C/C=C\CCCCCC(=O)OC[C@H](COC(=O)CCCCCCCCCCCCC/C=C\CCCCCCCC)OC(=O)CCCCCCCCC/C=C\CCCCCCCC. The molecule has 0 aromatic rings. The van der Waals surface area contributed by atoms with Gasteiger partial charge in [-0.3, -0.25) is 14.4 Å². The molecule has 75 heavy (non-hydrogen) atoms. The third-order valence-corrected chi connectivity index (χ3v) is 14.2. The monoisotopic (exact) mass is 1050 g/mol. The van der Waals surface area contributed by atoms with Gasteiger partial charge in [-0.05, 0) is 116 Å². The summed E-state index contributed by atoms with van der Waals surface area (Å²) in [6.07, 6.45) is 81.9. The highest BCUT2D eigenvalue weighted by Gasteiger charge is 2.19. The first-order chi connectivity index (χ1) is 37.0. The minimum absolute atomic E-state index is 0.0862. The normalized spacial score (nSPS) is 12.5. The summed E-state index contributed by atoms with van der Waals surface area (Å²) in [4.78, 5) is 38.3. The Balaban J connectivity index is 4.41. The number of ether oxygens (including phenoxy) is 3. The smallest absolute Gasteiger partial charge is 0.306 e.